The summed E-state index contributed by atoms with van der Waals surface area (Å²) in [6.07, 6.45) is 1.35. The quantitative estimate of drug-likeness (QED) is 0.815. The van der Waals surface area contributed by atoms with Crippen LogP contribution in [0.4, 0.5) is 14.6 Å². The highest BCUT2D eigenvalue weighted by molar-refractivity contribution is 6.31. The van der Waals surface area contributed by atoms with Crippen LogP contribution in [0.15, 0.2) is 12.3 Å². The molecule has 7 heteroatoms. The van der Waals surface area contributed by atoms with Crippen LogP contribution in [0.1, 0.15) is 0 Å². The molecule has 1 aromatic carbocycles. The molecule has 4 nitrogen and oxygen atoms in total. The van der Waals surface area contributed by atoms with E-state index in [1.807, 2.05) is 0 Å². The van der Waals surface area contributed by atoms with Crippen molar-refractivity contribution in [1.82, 2.24) is 10.2 Å². The van der Waals surface area contributed by atoms with Crippen molar-refractivity contribution in [3.05, 3.63) is 28.9 Å². The fourth-order valence-electron chi connectivity index (χ4n) is 1.49. The van der Waals surface area contributed by atoms with Gasteiger partial charge in [0.1, 0.15) is 16.7 Å². The molecule has 1 aromatic heterocycles. The average molecular weight is 260 g/mol. The molecular formula is C10H8ClF2N3O. The number of nitrogens with zero attached hydrogens (tertiary/aromatic N) is 1. The number of nitrogen functional groups attached to an aromatic ring is 1. The van der Waals surface area contributed by atoms with E-state index in [0.717, 1.165) is 6.07 Å². The molecule has 0 fully saturated rings. The van der Waals surface area contributed by atoms with Gasteiger partial charge in [0, 0.05) is 11.1 Å². The Kier molecular flexibility index (Phi) is 2.89. The Bertz CT molecular complexity index is 571. The van der Waals surface area contributed by atoms with E-state index in [4.69, 9.17) is 22.1 Å². The minimum Gasteiger partial charge on any atom is -0.493 e. The zero-order chi connectivity index (χ0) is 12.6. The number of halogens is 3. The number of methoxy groups -OCH3 is 1. The molecule has 2 aromatic rings. The van der Waals surface area contributed by atoms with E-state index in [0.29, 0.717) is 5.56 Å². The molecule has 1 heterocycles. The summed E-state index contributed by atoms with van der Waals surface area (Å²) in [7, 11) is 1.26. The van der Waals surface area contributed by atoms with Crippen molar-refractivity contribution in [1.29, 1.82) is 0 Å². The van der Waals surface area contributed by atoms with Gasteiger partial charge >= 0.3 is 0 Å². The topological polar surface area (TPSA) is 63.9 Å². The third kappa shape index (κ3) is 1.80. The number of hydrogen-bond donors (Lipinski definition) is 2. The normalized spacial score (nSPS) is 10.6. The van der Waals surface area contributed by atoms with Crippen molar-refractivity contribution in [2.75, 3.05) is 12.8 Å². The van der Waals surface area contributed by atoms with E-state index < -0.39 is 16.7 Å². The lowest BCUT2D eigenvalue weighted by Gasteiger charge is -2.10. The van der Waals surface area contributed by atoms with Gasteiger partial charge < -0.3 is 10.5 Å². The van der Waals surface area contributed by atoms with E-state index in [9.17, 15) is 8.78 Å². The monoisotopic (exact) mass is 259 g/mol. The Morgan fingerprint density at radius 3 is 2.65 bits per heavy atom. The molecule has 0 atom stereocenters. The lowest BCUT2D eigenvalue weighted by Crippen LogP contribution is -1.97. The number of ether oxygens (including phenoxy) is 1. The number of nitrogens with two attached hydrogens (primary N) is 1. The highest BCUT2D eigenvalue weighted by atomic mass is 35.5. The standard InChI is InChI=1S/C10H8ClF2N3O/c1-17-9-4(5-3-15-16-10(5)14)2-6(12)7(11)8(9)13/h2-3H,1H3,(H3,14,15,16). The maximum atomic E-state index is 13.7. The van der Waals surface area contributed by atoms with Crippen LogP contribution in [0.25, 0.3) is 11.1 Å². The maximum Gasteiger partial charge on any atom is 0.187 e. The predicted molar refractivity (Wildman–Crippen MR) is 59.9 cm³/mol. The van der Waals surface area contributed by atoms with Gasteiger partial charge in [0.2, 0.25) is 0 Å². The number of hydrogen-bond acceptors (Lipinski definition) is 3. The molecule has 0 aliphatic carbocycles. The average Bonchev–Trinajstić information content (AvgIpc) is 2.72. The van der Waals surface area contributed by atoms with Crippen LogP contribution in [0.2, 0.25) is 5.02 Å². The van der Waals surface area contributed by atoms with Gasteiger partial charge in [-0.05, 0) is 6.07 Å². The second-order valence-electron chi connectivity index (χ2n) is 3.26. The molecule has 0 spiro atoms. The van der Waals surface area contributed by atoms with Crippen LogP contribution in [0.5, 0.6) is 5.75 Å². The van der Waals surface area contributed by atoms with Crippen LogP contribution in [-0.2, 0) is 0 Å². The third-order valence-corrected chi connectivity index (χ3v) is 2.63. The largest absolute Gasteiger partial charge is 0.493 e. The molecule has 0 aliphatic heterocycles. The Morgan fingerprint density at radius 1 is 1.41 bits per heavy atom. The molecular weight excluding hydrogens is 252 g/mol. The minimum absolute atomic E-state index is 0.151. The molecule has 0 saturated carbocycles. The molecule has 0 amide bonds. The van der Waals surface area contributed by atoms with Crippen molar-refractivity contribution in [2.45, 2.75) is 0 Å². The Morgan fingerprint density at radius 2 is 2.12 bits per heavy atom. The SMILES string of the molecule is COc1c(-c2cn[nH]c2N)cc(F)c(Cl)c1F. The maximum absolute atomic E-state index is 13.7. The number of benzene rings is 1. The van der Waals surface area contributed by atoms with E-state index in [1.165, 1.54) is 13.3 Å². The summed E-state index contributed by atoms with van der Waals surface area (Å²) < 4.78 is 31.9. The van der Waals surface area contributed by atoms with Crippen LogP contribution in [-0.4, -0.2) is 17.3 Å². The smallest absolute Gasteiger partial charge is 0.187 e. The van der Waals surface area contributed by atoms with Gasteiger partial charge in [-0.3, -0.25) is 5.10 Å². The molecule has 17 heavy (non-hydrogen) atoms. The summed E-state index contributed by atoms with van der Waals surface area (Å²) in [5, 5.41) is 5.52. The summed E-state index contributed by atoms with van der Waals surface area (Å²) in [6.45, 7) is 0. The van der Waals surface area contributed by atoms with E-state index in [-0.39, 0.29) is 17.1 Å². The van der Waals surface area contributed by atoms with E-state index in [1.54, 1.807) is 0 Å². The molecule has 2 rings (SSSR count). The number of aromatic amines is 1. The van der Waals surface area contributed by atoms with Gasteiger partial charge in [0.05, 0.1) is 13.3 Å². The van der Waals surface area contributed by atoms with Crippen molar-refractivity contribution in [3.63, 3.8) is 0 Å². The van der Waals surface area contributed by atoms with Crippen LogP contribution in [0.3, 0.4) is 0 Å². The zero-order valence-electron chi connectivity index (χ0n) is 8.72. The first kappa shape index (κ1) is 11.7. The lowest BCUT2D eigenvalue weighted by atomic mass is 10.1. The Balaban J connectivity index is 2.74. The van der Waals surface area contributed by atoms with Crippen LogP contribution >= 0.6 is 11.6 Å². The molecule has 0 unspecified atom stereocenters. The number of nitrogens with one attached hydrogen (secondary N) is 1. The summed E-state index contributed by atoms with van der Waals surface area (Å²) in [4.78, 5) is 0. The van der Waals surface area contributed by atoms with Gasteiger partial charge in [-0.2, -0.15) is 5.10 Å². The Labute approximate surface area is 100 Å². The fraction of sp³-hybridized carbons (Fsp3) is 0.100. The number of rotatable bonds is 2. The van der Waals surface area contributed by atoms with Crippen molar-refractivity contribution in [3.8, 4) is 16.9 Å². The van der Waals surface area contributed by atoms with Gasteiger partial charge in [-0.15, -0.1) is 0 Å². The number of anilines is 1. The molecule has 90 valence electrons. The van der Waals surface area contributed by atoms with Crippen molar-refractivity contribution < 1.29 is 13.5 Å². The third-order valence-electron chi connectivity index (χ3n) is 2.28. The Hall–Kier alpha value is -1.82. The first-order valence-electron chi connectivity index (χ1n) is 4.57. The van der Waals surface area contributed by atoms with Gasteiger partial charge in [0.25, 0.3) is 0 Å². The van der Waals surface area contributed by atoms with Crippen molar-refractivity contribution >= 4 is 17.4 Å². The molecule has 0 saturated heterocycles. The first-order valence-corrected chi connectivity index (χ1v) is 4.94. The minimum atomic E-state index is -0.968. The van der Waals surface area contributed by atoms with E-state index >= 15 is 0 Å². The van der Waals surface area contributed by atoms with Crippen molar-refractivity contribution in [2.24, 2.45) is 0 Å². The fourth-order valence-corrected chi connectivity index (χ4v) is 1.63. The highest BCUT2D eigenvalue weighted by Gasteiger charge is 2.20. The summed E-state index contributed by atoms with van der Waals surface area (Å²) >= 11 is 5.45. The van der Waals surface area contributed by atoms with E-state index in [2.05, 4.69) is 10.2 Å². The van der Waals surface area contributed by atoms with Gasteiger partial charge in [0.15, 0.2) is 11.6 Å². The van der Waals surface area contributed by atoms with Gasteiger partial charge in [-0.1, -0.05) is 11.6 Å². The predicted octanol–water partition coefficient (Wildman–Crippen LogP) is 2.60. The molecule has 0 bridgehead atoms. The second-order valence-corrected chi connectivity index (χ2v) is 3.64. The lowest BCUT2D eigenvalue weighted by molar-refractivity contribution is 0.386. The molecule has 3 N–H and O–H groups in total. The first-order chi connectivity index (χ1) is 8.06. The van der Waals surface area contributed by atoms with Crippen LogP contribution < -0.4 is 10.5 Å². The molecule has 0 radical (unpaired) electrons. The number of aromatic nitrogens is 2. The summed E-state index contributed by atoms with van der Waals surface area (Å²) in [6, 6.07) is 1.05. The second kappa shape index (κ2) is 4.21. The summed E-state index contributed by atoms with van der Waals surface area (Å²) in [5.41, 5.74) is 6.08. The molecule has 0 aliphatic rings. The number of H-pyrrole nitrogens is 1. The highest BCUT2D eigenvalue weighted by Crippen LogP contribution is 2.38. The van der Waals surface area contributed by atoms with Gasteiger partial charge in [-0.25, -0.2) is 8.78 Å². The summed E-state index contributed by atoms with van der Waals surface area (Å²) in [5.74, 6) is -1.85. The zero-order valence-corrected chi connectivity index (χ0v) is 9.48. The van der Waals surface area contributed by atoms with Crippen LogP contribution in [0, 0.1) is 11.6 Å².